The fraction of sp³-hybridized carbons (Fsp3) is 0.200. The van der Waals surface area contributed by atoms with Gasteiger partial charge in [0.2, 0.25) is 0 Å². The summed E-state index contributed by atoms with van der Waals surface area (Å²) in [7, 11) is 3.13. The molecular weight excluding hydrogens is 493 g/mol. The van der Waals surface area contributed by atoms with Crippen LogP contribution in [0.5, 0.6) is 17.2 Å². The molecule has 3 rings (SSSR count). The topological polar surface area (TPSA) is 65.1 Å². The van der Waals surface area contributed by atoms with Crippen LogP contribution < -0.4 is 14.2 Å². The van der Waals surface area contributed by atoms with E-state index in [1.54, 1.807) is 26.4 Å². The average molecular weight is 511 g/mol. The van der Waals surface area contributed by atoms with Gasteiger partial charge >= 0.3 is 0 Å². The standard InChI is InChI=1S/C20H18INO5S/c1-25-16-11-13(10-15(21)18(16)26-2)12-17-19(23)22(20(24)28-17)8-9-27-14-6-4-3-5-7-14/h3-7,10-12H,8-9H2,1-2H3/b17-12-. The largest absolute Gasteiger partial charge is 0.493 e. The Morgan fingerprint density at radius 2 is 1.86 bits per heavy atom. The highest BCUT2D eigenvalue weighted by Gasteiger charge is 2.34. The number of imide groups is 1. The number of ether oxygens (including phenoxy) is 3. The van der Waals surface area contributed by atoms with Crippen molar-refractivity contribution in [3.63, 3.8) is 0 Å². The van der Waals surface area contributed by atoms with E-state index in [4.69, 9.17) is 14.2 Å². The van der Waals surface area contributed by atoms with Gasteiger partial charge in [-0.2, -0.15) is 0 Å². The number of hydrogen-bond acceptors (Lipinski definition) is 6. The molecule has 0 N–H and O–H groups in total. The van der Waals surface area contributed by atoms with Gasteiger partial charge in [0, 0.05) is 0 Å². The predicted molar refractivity (Wildman–Crippen MR) is 117 cm³/mol. The Labute approximate surface area is 181 Å². The fourth-order valence-electron chi connectivity index (χ4n) is 2.64. The van der Waals surface area contributed by atoms with Gasteiger partial charge in [0.15, 0.2) is 11.5 Å². The second-order valence-corrected chi connectivity index (χ2v) is 7.89. The van der Waals surface area contributed by atoms with Gasteiger partial charge in [-0.3, -0.25) is 14.5 Å². The lowest BCUT2D eigenvalue weighted by Gasteiger charge is -2.13. The molecule has 0 radical (unpaired) electrons. The predicted octanol–water partition coefficient (Wildman–Crippen LogP) is 4.42. The summed E-state index contributed by atoms with van der Waals surface area (Å²) in [5.74, 6) is 1.57. The lowest BCUT2D eigenvalue weighted by Crippen LogP contribution is -2.32. The first-order chi connectivity index (χ1) is 13.5. The summed E-state index contributed by atoms with van der Waals surface area (Å²) in [5, 5.41) is -0.303. The van der Waals surface area contributed by atoms with E-state index < -0.39 is 0 Å². The number of carbonyl (C=O) groups is 2. The van der Waals surface area contributed by atoms with E-state index in [2.05, 4.69) is 22.6 Å². The van der Waals surface area contributed by atoms with E-state index in [1.807, 2.05) is 36.4 Å². The van der Waals surface area contributed by atoms with Crippen LogP contribution in [0.25, 0.3) is 6.08 Å². The van der Waals surface area contributed by atoms with E-state index >= 15 is 0 Å². The highest BCUT2D eigenvalue weighted by Crippen LogP contribution is 2.37. The molecule has 1 fully saturated rings. The van der Waals surface area contributed by atoms with Crippen molar-refractivity contribution in [3.05, 3.63) is 56.5 Å². The molecule has 146 valence electrons. The molecule has 0 aliphatic carbocycles. The summed E-state index contributed by atoms with van der Waals surface area (Å²) in [6, 6.07) is 12.9. The van der Waals surface area contributed by atoms with Gasteiger partial charge in [0.05, 0.1) is 29.2 Å². The van der Waals surface area contributed by atoms with E-state index in [0.717, 1.165) is 20.9 Å². The number of carbonyl (C=O) groups excluding carboxylic acids is 2. The van der Waals surface area contributed by atoms with Crippen molar-refractivity contribution in [1.82, 2.24) is 4.90 Å². The summed E-state index contributed by atoms with van der Waals surface area (Å²) in [6.07, 6.45) is 1.69. The second kappa shape index (κ2) is 9.33. The molecule has 0 atom stereocenters. The van der Waals surface area contributed by atoms with Crippen LogP contribution in [0.2, 0.25) is 0 Å². The van der Waals surface area contributed by atoms with Crippen molar-refractivity contribution < 1.29 is 23.8 Å². The highest BCUT2D eigenvalue weighted by molar-refractivity contribution is 14.1. The lowest BCUT2D eigenvalue weighted by atomic mass is 10.2. The van der Waals surface area contributed by atoms with Gasteiger partial charge in [-0.1, -0.05) is 18.2 Å². The maximum atomic E-state index is 12.6. The summed E-state index contributed by atoms with van der Waals surface area (Å²) in [6.45, 7) is 0.434. The summed E-state index contributed by atoms with van der Waals surface area (Å²) < 4.78 is 17.1. The van der Waals surface area contributed by atoms with Gasteiger partial charge in [-0.05, 0) is 70.3 Å². The molecule has 1 aliphatic heterocycles. The second-order valence-electron chi connectivity index (χ2n) is 5.73. The number of rotatable bonds is 7. The van der Waals surface area contributed by atoms with Gasteiger partial charge in [0.25, 0.3) is 11.1 Å². The van der Waals surface area contributed by atoms with Gasteiger partial charge in [-0.15, -0.1) is 0 Å². The molecule has 1 aliphatic rings. The minimum absolute atomic E-state index is 0.195. The highest BCUT2D eigenvalue weighted by atomic mass is 127. The molecule has 2 aromatic carbocycles. The Hall–Kier alpha value is -2.20. The minimum Gasteiger partial charge on any atom is -0.493 e. The molecule has 2 aromatic rings. The summed E-state index contributed by atoms with van der Waals surface area (Å²) >= 11 is 3.06. The fourth-order valence-corrected chi connectivity index (χ4v) is 4.35. The molecule has 6 nitrogen and oxygen atoms in total. The number of para-hydroxylation sites is 1. The van der Waals surface area contributed by atoms with E-state index in [1.165, 1.54) is 4.90 Å². The number of thioether (sulfide) groups is 1. The molecule has 8 heteroatoms. The van der Waals surface area contributed by atoms with Crippen molar-refractivity contribution >= 4 is 51.6 Å². The minimum atomic E-state index is -0.323. The molecule has 0 spiro atoms. The maximum Gasteiger partial charge on any atom is 0.293 e. The normalized spacial score (nSPS) is 15.2. The third kappa shape index (κ3) is 4.61. The number of nitrogens with zero attached hydrogens (tertiary/aromatic N) is 1. The Bertz CT molecular complexity index is 916. The van der Waals surface area contributed by atoms with Crippen LogP contribution in [0.3, 0.4) is 0 Å². The van der Waals surface area contributed by atoms with Crippen LogP contribution in [0.1, 0.15) is 5.56 Å². The van der Waals surface area contributed by atoms with Gasteiger partial charge < -0.3 is 14.2 Å². The SMILES string of the molecule is COc1cc(/C=C2\SC(=O)N(CCOc3ccccc3)C2=O)cc(I)c1OC. The van der Waals surface area contributed by atoms with Gasteiger partial charge in [0.1, 0.15) is 12.4 Å². The molecule has 28 heavy (non-hydrogen) atoms. The first kappa shape index (κ1) is 20.5. The number of benzene rings is 2. The van der Waals surface area contributed by atoms with Crippen LogP contribution in [0.4, 0.5) is 4.79 Å². The molecule has 0 aromatic heterocycles. The first-order valence-electron chi connectivity index (χ1n) is 8.38. The molecule has 1 saturated heterocycles. The van der Waals surface area contributed by atoms with Crippen molar-refractivity contribution in [2.75, 3.05) is 27.4 Å². The Morgan fingerprint density at radius 3 is 2.54 bits per heavy atom. The Kier molecular flexibility index (Phi) is 6.84. The van der Waals surface area contributed by atoms with E-state index in [-0.39, 0.29) is 24.3 Å². The Morgan fingerprint density at radius 1 is 1.11 bits per heavy atom. The smallest absolute Gasteiger partial charge is 0.293 e. The third-order valence-electron chi connectivity index (χ3n) is 3.95. The monoisotopic (exact) mass is 511 g/mol. The number of amides is 2. The molecule has 0 unspecified atom stereocenters. The van der Waals surface area contributed by atoms with Crippen LogP contribution in [-0.2, 0) is 4.79 Å². The average Bonchev–Trinajstić information content (AvgIpc) is 2.95. The summed E-state index contributed by atoms with van der Waals surface area (Å²) in [4.78, 5) is 26.4. The zero-order valence-electron chi connectivity index (χ0n) is 15.3. The molecule has 1 heterocycles. The van der Waals surface area contributed by atoms with Crippen LogP contribution in [0, 0.1) is 3.57 Å². The van der Waals surface area contributed by atoms with Crippen molar-refractivity contribution in [1.29, 1.82) is 0 Å². The zero-order valence-corrected chi connectivity index (χ0v) is 18.3. The summed E-state index contributed by atoms with van der Waals surface area (Å²) in [5.41, 5.74) is 0.757. The molecule has 0 bridgehead atoms. The van der Waals surface area contributed by atoms with Crippen molar-refractivity contribution in [2.24, 2.45) is 0 Å². The molecular formula is C20H18INO5S. The Balaban J connectivity index is 1.71. The molecule has 0 saturated carbocycles. The quantitative estimate of drug-likeness (QED) is 0.405. The maximum absolute atomic E-state index is 12.6. The van der Waals surface area contributed by atoms with Crippen molar-refractivity contribution in [3.8, 4) is 17.2 Å². The van der Waals surface area contributed by atoms with Gasteiger partial charge in [-0.25, -0.2) is 0 Å². The third-order valence-corrected chi connectivity index (χ3v) is 5.66. The first-order valence-corrected chi connectivity index (χ1v) is 10.3. The van der Waals surface area contributed by atoms with E-state index in [9.17, 15) is 9.59 Å². The number of methoxy groups -OCH3 is 2. The number of halogens is 1. The van der Waals surface area contributed by atoms with Crippen LogP contribution >= 0.6 is 34.4 Å². The lowest BCUT2D eigenvalue weighted by molar-refractivity contribution is -0.123. The molecule has 2 amide bonds. The number of hydrogen-bond donors (Lipinski definition) is 0. The van der Waals surface area contributed by atoms with E-state index in [0.29, 0.717) is 22.2 Å². The zero-order chi connectivity index (χ0) is 20.1. The van der Waals surface area contributed by atoms with Crippen LogP contribution in [0.15, 0.2) is 47.4 Å². The van der Waals surface area contributed by atoms with Crippen LogP contribution in [-0.4, -0.2) is 43.4 Å². The van der Waals surface area contributed by atoms with Crippen molar-refractivity contribution in [2.45, 2.75) is 0 Å².